The van der Waals surface area contributed by atoms with E-state index in [1.165, 1.54) is 4.57 Å². The van der Waals surface area contributed by atoms with Crippen molar-refractivity contribution in [3.63, 3.8) is 0 Å². The highest BCUT2D eigenvalue weighted by Crippen LogP contribution is 2.17. The molecule has 0 bridgehead atoms. The Morgan fingerprint density at radius 1 is 0.969 bits per heavy atom. The number of benzene rings is 3. The number of aromatic nitrogens is 3. The summed E-state index contributed by atoms with van der Waals surface area (Å²) in [6.45, 7) is 2.79. The van der Waals surface area contributed by atoms with Crippen LogP contribution in [0.25, 0.3) is 22.1 Å². The second-order valence-corrected chi connectivity index (χ2v) is 7.78. The molecule has 1 unspecified atom stereocenters. The molecular weight excluding hydrogens is 404 g/mol. The number of imidazole rings is 1. The maximum atomic E-state index is 12.7. The first-order valence-corrected chi connectivity index (χ1v) is 10.5. The summed E-state index contributed by atoms with van der Waals surface area (Å²) in [5, 5.41) is 2.91. The molecular formula is C25H22N4O3. The molecule has 0 aliphatic heterocycles. The van der Waals surface area contributed by atoms with Crippen LogP contribution in [0.2, 0.25) is 0 Å². The van der Waals surface area contributed by atoms with Gasteiger partial charge in [-0.25, -0.2) is 9.78 Å². The van der Waals surface area contributed by atoms with E-state index in [1.807, 2.05) is 54.9 Å². The van der Waals surface area contributed by atoms with Crippen LogP contribution < -0.4 is 11.1 Å². The SMILES string of the molecule is CC(C(=O)NCc1ccc(Cn2cnc3ccccc32)cc1)n1c(=O)oc2ccccc21. The number of oxazole rings is 1. The fraction of sp³-hybridized carbons (Fsp3) is 0.160. The zero-order valence-electron chi connectivity index (χ0n) is 17.6. The summed E-state index contributed by atoms with van der Waals surface area (Å²) in [5.41, 5.74) is 5.28. The average molecular weight is 426 g/mol. The van der Waals surface area contributed by atoms with Crippen molar-refractivity contribution >= 4 is 28.0 Å². The highest BCUT2D eigenvalue weighted by atomic mass is 16.4. The van der Waals surface area contributed by atoms with Crippen LogP contribution in [0, 0.1) is 0 Å². The van der Waals surface area contributed by atoms with Crippen molar-refractivity contribution in [3.05, 3.63) is 101 Å². The monoisotopic (exact) mass is 426 g/mol. The number of fused-ring (bicyclic) bond motifs is 2. The molecule has 0 saturated heterocycles. The predicted molar refractivity (Wildman–Crippen MR) is 122 cm³/mol. The van der Waals surface area contributed by atoms with Gasteiger partial charge >= 0.3 is 5.76 Å². The maximum Gasteiger partial charge on any atom is 0.420 e. The van der Waals surface area contributed by atoms with Crippen molar-refractivity contribution in [2.45, 2.75) is 26.1 Å². The van der Waals surface area contributed by atoms with Gasteiger partial charge in [-0.3, -0.25) is 9.36 Å². The molecule has 1 amide bonds. The quantitative estimate of drug-likeness (QED) is 0.447. The van der Waals surface area contributed by atoms with Crippen LogP contribution in [0.15, 0.2) is 88.3 Å². The third-order valence-electron chi connectivity index (χ3n) is 5.66. The summed E-state index contributed by atoms with van der Waals surface area (Å²) in [4.78, 5) is 29.3. The molecule has 2 heterocycles. The molecule has 0 saturated carbocycles. The fourth-order valence-electron chi connectivity index (χ4n) is 3.90. The Balaban J connectivity index is 1.24. The predicted octanol–water partition coefficient (Wildman–Crippen LogP) is 3.87. The second-order valence-electron chi connectivity index (χ2n) is 7.78. The zero-order valence-corrected chi connectivity index (χ0v) is 17.6. The minimum atomic E-state index is -0.681. The molecule has 1 N–H and O–H groups in total. The largest absolute Gasteiger partial charge is 0.420 e. The van der Waals surface area contributed by atoms with E-state index in [4.69, 9.17) is 4.42 Å². The summed E-state index contributed by atoms with van der Waals surface area (Å²) in [6, 6.07) is 22.5. The van der Waals surface area contributed by atoms with Crippen LogP contribution in [-0.2, 0) is 17.9 Å². The highest BCUT2D eigenvalue weighted by molar-refractivity contribution is 5.82. The Bertz CT molecular complexity index is 1460. The topological polar surface area (TPSA) is 82.1 Å². The number of nitrogens with zero attached hydrogens (tertiary/aromatic N) is 3. The Labute approximate surface area is 183 Å². The molecule has 0 spiro atoms. The maximum absolute atomic E-state index is 12.7. The van der Waals surface area contributed by atoms with Gasteiger partial charge in [0.05, 0.1) is 22.9 Å². The normalized spacial score (nSPS) is 12.3. The van der Waals surface area contributed by atoms with Gasteiger partial charge in [0.2, 0.25) is 5.91 Å². The smallest absolute Gasteiger partial charge is 0.408 e. The van der Waals surface area contributed by atoms with Crippen molar-refractivity contribution in [3.8, 4) is 0 Å². The summed E-state index contributed by atoms with van der Waals surface area (Å²) < 4.78 is 8.73. The average Bonchev–Trinajstić information content (AvgIpc) is 3.38. The van der Waals surface area contributed by atoms with Gasteiger partial charge in [-0.05, 0) is 42.3 Å². The van der Waals surface area contributed by atoms with Crippen LogP contribution in [0.3, 0.4) is 0 Å². The van der Waals surface area contributed by atoms with Gasteiger partial charge in [-0.1, -0.05) is 48.5 Å². The van der Waals surface area contributed by atoms with Gasteiger partial charge < -0.3 is 14.3 Å². The molecule has 2 aromatic heterocycles. The van der Waals surface area contributed by atoms with E-state index in [9.17, 15) is 9.59 Å². The van der Waals surface area contributed by atoms with E-state index in [0.29, 0.717) is 17.6 Å². The first-order chi connectivity index (χ1) is 15.6. The zero-order chi connectivity index (χ0) is 22.1. The van der Waals surface area contributed by atoms with Crippen LogP contribution in [0.4, 0.5) is 0 Å². The molecule has 32 heavy (non-hydrogen) atoms. The van der Waals surface area contributed by atoms with Crippen molar-refractivity contribution in [2.24, 2.45) is 0 Å². The van der Waals surface area contributed by atoms with Gasteiger partial charge in [0.1, 0.15) is 6.04 Å². The lowest BCUT2D eigenvalue weighted by Gasteiger charge is -2.13. The van der Waals surface area contributed by atoms with E-state index >= 15 is 0 Å². The molecule has 0 radical (unpaired) electrons. The van der Waals surface area contributed by atoms with E-state index in [2.05, 4.69) is 20.9 Å². The summed E-state index contributed by atoms with van der Waals surface area (Å²) in [7, 11) is 0. The molecule has 5 rings (SSSR count). The molecule has 7 nitrogen and oxygen atoms in total. The summed E-state index contributed by atoms with van der Waals surface area (Å²) in [5.74, 6) is -0.780. The number of hydrogen-bond donors (Lipinski definition) is 1. The summed E-state index contributed by atoms with van der Waals surface area (Å²) >= 11 is 0. The van der Waals surface area contributed by atoms with Gasteiger partial charge in [0.15, 0.2) is 5.58 Å². The molecule has 0 fully saturated rings. The first-order valence-electron chi connectivity index (χ1n) is 10.5. The number of hydrogen-bond acceptors (Lipinski definition) is 4. The van der Waals surface area contributed by atoms with Gasteiger partial charge in [-0.2, -0.15) is 0 Å². The number of nitrogens with one attached hydrogen (secondary N) is 1. The van der Waals surface area contributed by atoms with Crippen molar-refractivity contribution in [1.82, 2.24) is 19.4 Å². The third-order valence-corrected chi connectivity index (χ3v) is 5.66. The lowest BCUT2D eigenvalue weighted by atomic mass is 10.1. The molecule has 7 heteroatoms. The van der Waals surface area contributed by atoms with Gasteiger partial charge in [-0.15, -0.1) is 0 Å². The molecule has 160 valence electrons. The molecule has 1 atom stereocenters. The van der Waals surface area contributed by atoms with Crippen LogP contribution in [0.1, 0.15) is 24.1 Å². The van der Waals surface area contributed by atoms with Gasteiger partial charge in [0.25, 0.3) is 0 Å². The Morgan fingerprint density at radius 2 is 1.66 bits per heavy atom. The Morgan fingerprint density at radius 3 is 2.47 bits per heavy atom. The molecule has 3 aromatic carbocycles. The lowest BCUT2D eigenvalue weighted by molar-refractivity contribution is -0.124. The lowest BCUT2D eigenvalue weighted by Crippen LogP contribution is -2.34. The molecule has 0 aliphatic carbocycles. The van der Waals surface area contributed by atoms with Crippen molar-refractivity contribution in [1.29, 1.82) is 0 Å². The minimum Gasteiger partial charge on any atom is -0.408 e. The number of carbonyl (C=O) groups is 1. The third kappa shape index (κ3) is 3.69. The summed E-state index contributed by atoms with van der Waals surface area (Å²) in [6.07, 6.45) is 1.85. The van der Waals surface area contributed by atoms with Crippen LogP contribution >= 0.6 is 0 Å². The van der Waals surface area contributed by atoms with Crippen LogP contribution in [0.5, 0.6) is 0 Å². The standard InChI is InChI=1S/C25H22N4O3/c1-17(29-22-8-4-5-9-23(22)32-25(29)31)24(30)26-14-18-10-12-19(13-11-18)15-28-16-27-20-6-2-3-7-21(20)28/h2-13,16-17H,14-15H2,1H3,(H,26,30). The van der Waals surface area contributed by atoms with E-state index in [-0.39, 0.29) is 5.91 Å². The highest BCUT2D eigenvalue weighted by Gasteiger charge is 2.20. The Hall–Kier alpha value is -4.13. The number of carbonyl (C=O) groups excluding carboxylic acids is 1. The number of rotatable bonds is 6. The number of para-hydroxylation sites is 4. The van der Waals surface area contributed by atoms with E-state index in [1.54, 1.807) is 25.1 Å². The van der Waals surface area contributed by atoms with Crippen LogP contribution in [-0.4, -0.2) is 20.0 Å². The van der Waals surface area contributed by atoms with E-state index < -0.39 is 11.8 Å². The molecule has 5 aromatic rings. The van der Waals surface area contributed by atoms with Crippen molar-refractivity contribution < 1.29 is 9.21 Å². The second kappa shape index (κ2) is 8.19. The van der Waals surface area contributed by atoms with E-state index in [0.717, 1.165) is 28.7 Å². The number of amides is 1. The first kappa shape index (κ1) is 19.8. The molecule has 0 aliphatic rings. The fourth-order valence-corrected chi connectivity index (χ4v) is 3.90. The Kier molecular flexibility index (Phi) is 5.07. The van der Waals surface area contributed by atoms with Gasteiger partial charge in [0, 0.05) is 13.1 Å². The van der Waals surface area contributed by atoms with Crippen molar-refractivity contribution in [2.75, 3.05) is 0 Å². The minimum absolute atomic E-state index is 0.243.